The van der Waals surface area contributed by atoms with E-state index in [2.05, 4.69) is 21.1 Å². The van der Waals surface area contributed by atoms with Crippen LogP contribution in [0.25, 0.3) is 10.2 Å². The number of carbonyl (C=O) groups is 1. The van der Waals surface area contributed by atoms with E-state index in [1.807, 2.05) is 19.1 Å². The molecule has 0 amide bonds. The van der Waals surface area contributed by atoms with Gasteiger partial charge >= 0.3 is 5.97 Å². The van der Waals surface area contributed by atoms with Crippen LogP contribution in [0.1, 0.15) is 12.5 Å². The van der Waals surface area contributed by atoms with Crippen molar-refractivity contribution in [1.29, 1.82) is 0 Å². The zero-order valence-corrected chi connectivity index (χ0v) is 10.8. The van der Waals surface area contributed by atoms with Crippen molar-refractivity contribution in [2.24, 2.45) is 0 Å². The molecule has 0 aliphatic carbocycles. The highest BCUT2D eigenvalue weighted by Crippen LogP contribution is 2.27. The number of methoxy groups -OCH3 is 1. The van der Waals surface area contributed by atoms with E-state index in [1.54, 1.807) is 6.92 Å². The zero-order valence-electron chi connectivity index (χ0n) is 9.98. The van der Waals surface area contributed by atoms with E-state index < -0.39 is 0 Å². The van der Waals surface area contributed by atoms with Crippen molar-refractivity contribution in [2.45, 2.75) is 19.9 Å². The Bertz CT molecular complexity index is 550. The highest BCUT2D eigenvalue weighted by Gasteiger charge is 2.14. The maximum atomic E-state index is 11.3. The molecule has 90 valence electrons. The van der Waals surface area contributed by atoms with Crippen molar-refractivity contribution in [3.63, 3.8) is 0 Å². The third-order valence-electron chi connectivity index (χ3n) is 2.44. The summed E-state index contributed by atoms with van der Waals surface area (Å²) in [5, 5.41) is 3.77. The maximum absolute atomic E-state index is 11.3. The monoisotopic (exact) mass is 250 g/mol. The van der Waals surface area contributed by atoms with E-state index in [-0.39, 0.29) is 12.0 Å². The summed E-state index contributed by atoms with van der Waals surface area (Å²) in [5.41, 5.74) is 2.15. The summed E-state index contributed by atoms with van der Waals surface area (Å²) in [6.45, 7) is 3.80. The number of fused-ring (bicyclic) bond motifs is 1. The van der Waals surface area contributed by atoms with Crippen molar-refractivity contribution >= 4 is 32.7 Å². The summed E-state index contributed by atoms with van der Waals surface area (Å²) in [6.07, 6.45) is 0. The number of esters is 1. The Morgan fingerprint density at radius 3 is 3.00 bits per heavy atom. The van der Waals surface area contributed by atoms with E-state index in [0.29, 0.717) is 0 Å². The maximum Gasteiger partial charge on any atom is 0.328 e. The number of thiazole rings is 1. The van der Waals surface area contributed by atoms with Crippen LogP contribution in [0.3, 0.4) is 0 Å². The second kappa shape index (κ2) is 4.71. The van der Waals surface area contributed by atoms with E-state index in [1.165, 1.54) is 24.0 Å². The summed E-state index contributed by atoms with van der Waals surface area (Å²) in [7, 11) is 1.38. The molecule has 0 saturated heterocycles. The summed E-state index contributed by atoms with van der Waals surface area (Å²) >= 11 is 1.54. The van der Waals surface area contributed by atoms with Crippen LogP contribution in [0.15, 0.2) is 18.2 Å². The first-order chi connectivity index (χ1) is 8.10. The van der Waals surface area contributed by atoms with E-state index in [0.717, 1.165) is 15.3 Å². The molecule has 0 saturated carbocycles. The first kappa shape index (κ1) is 11.9. The Balaban J connectivity index is 2.22. The molecule has 5 heteroatoms. The van der Waals surface area contributed by atoms with Gasteiger partial charge in [-0.25, -0.2) is 9.78 Å². The molecule has 0 fully saturated rings. The molecular formula is C12H14N2O2S. The second-order valence-corrected chi connectivity index (χ2v) is 4.91. The smallest absolute Gasteiger partial charge is 0.328 e. The van der Waals surface area contributed by atoms with E-state index >= 15 is 0 Å². The first-order valence-electron chi connectivity index (χ1n) is 5.31. The predicted octanol–water partition coefficient (Wildman–Crippen LogP) is 2.58. The molecule has 0 aliphatic heterocycles. The number of ether oxygens (including phenoxy) is 1. The molecule has 2 rings (SSSR count). The summed E-state index contributed by atoms with van der Waals surface area (Å²) in [5.74, 6) is -0.291. The van der Waals surface area contributed by atoms with Crippen molar-refractivity contribution in [1.82, 2.24) is 4.98 Å². The van der Waals surface area contributed by atoms with Gasteiger partial charge in [-0.05, 0) is 31.5 Å². The van der Waals surface area contributed by atoms with E-state index in [4.69, 9.17) is 0 Å². The molecule has 0 radical (unpaired) electrons. The number of aromatic nitrogens is 1. The fraction of sp³-hybridized carbons (Fsp3) is 0.333. The van der Waals surface area contributed by atoms with E-state index in [9.17, 15) is 4.79 Å². The number of anilines is 1. The van der Waals surface area contributed by atoms with Gasteiger partial charge in [-0.3, -0.25) is 0 Å². The van der Waals surface area contributed by atoms with Crippen molar-refractivity contribution < 1.29 is 9.53 Å². The van der Waals surface area contributed by atoms with Gasteiger partial charge in [0.15, 0.2) is 5.13 Å². The number of rotatable bonds is 3. The van der Waals surface area contributed by atoms with Gasteiger partial charge in [0.25, 0.3) is 0 Å². The minimum Gasteiger partial charge on any atom is -0.467 e. The van der Waals surface area contributed by atoms with Crippen LogP contribution < -0.4 is 5.32 Å². The number of hydrogen-bond acceptors (Lipinski definition) is 5. The Labute approximate surface area is 104 Å². The van der Waals surface area contributed by atoms with Gasteiger partial charge in [0.1, 0.15) is 6.04 Å². The first-order valence-corrected chi connectivity index (χ1v) is 6.13. The Hall–Kier alpha value is -1.62. The van der Waals surface area contributed by atoms with Crippen LogP contribution in [-0.2, 0) is 9.53 Å². The van der Waals surface area contributed by atoms with Gasteiger partial charge in [0.05, 0.1) is 17.3 Å². The minimum atomic E-state index is -0.387. The number of nitrogens with one attached hydrogen (secondary N) is 1. The van der Waals surface area contributed by atoms with Crippen LogP contribution in [0.2, 0.25) is 0 Å². The van der Waals surface area contributed by atoms with Crippen molar-refractivity contribution in [3.8, 4) is 0 Å². The lowest BCUT2D eigenvalue weighted by Crippen LogP contribution is -2.26. The predicted molar refractivity (Wildman–Crippen MR) is 69.5 cm³/mol. The second-order valence-electron chi connectivity index (χ2n) is 3.88. The van der Waals surface area contributed by atoms with Crippen LogP contribution in [-0.4, -0.2) is 24.1 Å². The molecule has 1 aromatic carbocycles. The molecule has 0 spiro atoms. The number of nitrogens with zero attached hydrogens (tertiary/aromatic N) is 1. The van der Waals surface area contributed by atoms with Crippen LogP contribution in [0.5, 0.6) is 0 Å². The fourth-order valence-corrected chi connectivity index (χ4v) is 2.57. The zero-order chi connectivity index (χ0) is 12.4. The summed E-state index contributed by atoms with van der Waals surface area (Å²) < 4.78 is 5.77. The standard InChI is InChI=1S/C12H14N2O2S/c1-7-4-5-9-10(6-7)17-12(14-9)13-8(2)11(15)16-3/h4-6,8H,1-3H3,(H,13,14). The highest BCUT2D eigenvalue weighted by atomic mass is 32.1. The molecule has 1 unspecified atom stereocenters. The summed E-state index contributed by atoms with van der Waals surface area (Å²) in [6, 6.07) is 5.70. The average molecular weight is 250 g/mol. The van der Waals surface area contributed by atoms with Crippen molar-refractivity contribution in [2.75, 3.05) is 12.4 Å². The van der Waals surface area contributed by atoms with Gasteiger partial charge < -0.3 is 10.1 Å². The van der Waals surface area contributed by atoms with Gasteiger partial charge in [-0.2, -0.15) is 0 Å². The normalized spacial score (nSPS) is 12.4. The Kier molecular flexibility index (Phi) is 3.28. The Morgan fingerprint density at radius 2 is 2.29 bits per heavy atom. The lowest BCUT2D eigenvalue weighted by Gasteiger charge is -2.09. The van der Waals surface area contributed by atoms with Crippen LogP contribution in [0.4, 0.5) is 5.13 Å². The highest BCUT2D eigenvalue weighted by molar-refractivity contribution is 7.22. The third kappa shape index (κ3) is 2.55. The quantitative estimate of drug-likeness (QED) is 0.851. The minimum absolute atomic E-state index is 0.291. The molecule has 1 N–H and O–H groups in total. The van der Waals surface area contributed by atoms with Crippen LogP contribution >= 0.6 is 11.3 Å². The summed E-state index contributed by atoms with van der Waals surface area (Å²) in [4.78, 5) is 15.7. The van der Waals surface area contributed by atoms with Gasteiger partial charge in [0.2, 0.25) is 0 Å². The van der Waals surface area contributed by atoms with Gasteiger partial charge in [0, 0.05) is 0 Å². The topological polar surface area (TPSA) is 51.2 Å². The molecular weight excluding hydrogens is 236 g/mol. The molecule has 17 heavy (non-hydrogen) atoms. The molecule has 0 bridgehead atoms. The molecule has 4 nitrogen and oxygen atoms in total. The number of benzene rings is 1. The lowest BCUT2D eigenvalue weighted by molar-refractivity contribution is -0.141. The number of aryl methyl sites for hydroxylation is 1. The lowest BCUT2D eigenvalue weighted by atomic mass is 10.2. The van der Waals surface area contributed by atoms with Gasteiger partial charge in [-0.15, -0.1) is 0 Å². The number of hydrogen-bond donors (Lipinski definition) is 1. The molecule has 0 aliphatic rings. The SMILES string of the molecule is COC(=O)C(C)Nc1nc2ccc(C)cc2s1. The molecule has 1 heterocycles. The average Bonchev–Trinajstić information content (AvgIpc) is 2.69. The Morgan fingerprint density at radius 1 is 1.53 bits per heavy atom. The number of carbonyl (C=O) groups excluding carboxylic acids is 1. The van der Waals surface area contributed by atoms with Crippen LogP contribution in [0, 0.1) is 6.92 Å². The van der Waals surface area contributed by atoms with Crippen molar-refractivity contribution in [3.05, 3.63) is 23.8 Å². The molecule has 2 aromatic rings. The third-order valence-corrected chi connectivity index (χ3v) is 3.39. The fourth-order valence-electron chi connectivity index (χ4n) is 1.51. The molecule has 1 aromatic heterocycles. The van der Waals surface area contributed by atoms with Gasteiger partial charge in [-0.1, -0.05) is 17.4 Å². The molecule has 1 atom stereocenters. The largest absolute Gasteiger partial charge is 0.467 e.